The minimum absolute atomic E-state index is 0.0814. The van der Waals surface area contributed by atoms with Gasteiger partial charge in [0, 0.05) is 0 Å². The first-order chi connectivity index (χ1) is 12.8. The van der Waals surface area contributed by atoms with Crippen LogP contribution >= 0.6 is 0 Å². The maximum atomic E-state index is 13.4. The molecule has 0 fully saturated rings. The van der Waals surface area contributed by atoms with E-state index in [0.29, 0.717) is 11.5 Å². The number of methoxy groups -OCH3 is 1. The van der Waals surface area contributed by atoms with Gasteiger partial charge >= 0.3 is 0 Å². The fourth-order valence-corrected chi connectivity index (χ4v) is 3.16. The van der Waals surface area contributed by atoms with Gasteiger partial charge in [0.25, 0.3) is 0 Å². The van der Waals surface area contributed by atoms with Crippen molar-refractivity contribution in [2.24, 2.45) is 0 Å². The lowest BCUT2D eigenvalue weighted by atomic mass is 10.3. The van der Waals surface area contributed by atoms with Gasteiger partial charge in [-0.05, 0) is 30.3 Å². The molecule has 0 aliphatic heterocycles. The number of halogens is 1. The van der Waals surface area contributed by atoms with Crippen LogP contribution in [0.3, 0.4) is 0 Å². The number of hydrogen-bond acceptors (Lipinski definition) is 5. The van der Waals surface area contributed by atoms with Gasteiger partial charge in [0.2, 0.25) is 15.9 Å². The quantitative estimate of drug-likeness (QED) is 0.654. The van der Waals surface area contributed by atoms with Crippen molar-refractivity contribution in [2.75, 3.05) is 37.4 Å². The van der Waals surface area contributed by atoms with Gasteiger partial charge in [-0.15, -0.1) is 0 Å². The van der Waals surface area contributed by atoms with E-state index in [1.807, 2.05) is 0 Å². The summed E-state index contributed by atoms with van der Waals surface area (Å²) in [6, 6.07) is 12.1. The Balaban J connectivity index is 1.91. The zero-order valence-corrected chi connectivity index (χ0v) is 15.8. The lowest BCUT2D eigenvalue weighted by molar-refractivity contribution is -0.119. The Morgan fingerprint density at radius 3 is 2.48 bits per heavy atom. The molecule has 0 saturated carbocycles. The summed E-state index contributed by atoms with van der Waals surface area (Å²) in [6.45, 7) is -0.125. The molecule has 27 heavy (non-hydrogen) atoms. The Bertz CT molecular complexity index is 889. The zero-order chi connectivity index (χ0) is 19.9. The molecule has 0 aliphatic carbocycles. The Morgan fingerprint density at radius 2 is 1.85 bits per heavy atom. The highest BCUT2D eigenvalue weighted by Gasteiger charge is 2.21. The number of hydrogen-bond donors (Lipinski definition) is 1. The van der Waals surface area contributed by atoms with Crippen molar-refractivity contribution in [2.45, 2.75) is 0 Å². The summed E-state index contributed by atoms with van der Waals surface area (Å²) >= 11 is 0. The molecule has 7 nitrogen and oxygen atoms in total. The van der Waals surface area contributed by atoms with Crippen molar-refractivity contribution in [3.63, 3.8) is 0 Å². The summed E-state index contributed by atoms with van der Waals surface area (Å²) in [5.74, 6) is -0.0231. The Morgan fingerprint density at radius 1 is 1.15 bits per heavy atom. The Labute approximate surface area is 157 Å². The molecule has 2 rings (SSSR count). The number of rotatable bonds is 9. The summed E-state index contributed by atoms with van der Waals surface area (Å²) in [4.78, 5) is 12.1. The van der Waals surface area contributed by atoms with E-state index in [1.165, 1.54) is 25.3 Å². The zero-order valence-electron chi connectivity index (χ0n) is 15.0. The van der Waals surface area contributed by atoms with Gasteiger partial charge in [0.1, 0.15) is 19.0 Å². The molecule has 146 valence electrons. The second-order valence-electron chi connectivity index (χ2n) is 5.60. The molecule has 0 spiro atoms. The van der Waals surface area contributed by atoms with Crippen LogP contribution in [0.4, 0.5) is 10.1 Å². The summed E-state index contributed by atoms with van der Waals surface area (Å²) < 4.78 is 48.8. The fraction of sp³-hybridized carbons (Fsp3) is 0.278. The summed E-state index contributed by atoms with van der Waals surface area (Å²) in [5, 5.41) is 2.57. The number of para-hydroxylation sites is 2. The number of carbonyl (C=O) groups excluding carboxylic acids is 1. The molecule has 9 heteroatoms. The summed E-state index contributed by atoms with van der Waals surface area (Å²) in [5.41, 5.74) is 0.0814. The van der Waals surface area contributed by atoms with E-state index in [9.17, 15) is 17.6 Å². The lowest BCUT2D eigenvalue weighted by Gasteiger charge is -2.22. The van der Waals surface area contributed by atoms with Gasteiger partial charge in [-0.3, -0.25) is 9.10 Å². The summed E-state index contributed by atoms with van der Waals surface area (Å²) in [7, 11) is -2.23. The molecule has 2 aromatic rings. The van der Waals surface area contributed by atoms with Gasteiger partial charge in [-0.25, -0.2) is 12.8 Å². The van der Waals surface area contributed by atoms with E-state index in [2.05, 4.69) is 5.32 Å². The van der Waals surface area contributed by atoms with Gasteiger partial charge in [0.15, 0.2) is 11.5 Å². The molecule has 0 saturated heterocycles. The first-order valence-electron chi connectivity index (χ1n) is 8.07. The third-order valence-electron chi connectivity index (χ3n) is 3.53. The number of sulfonamides is 1. The van der Waals surface area contributed by atoms with Crippen LogP contribution < -0.4 is 19.1 Å². The van der Waals surface area contributed by atoms with Gasteiger partial charge in [-0.1, -0.05) is 18.2 Å². The second-order valence-corrected chi connectivity index (χ2v) is 7.51. The Hall–Kier alpha value is -2.81. The average molecular weight is 396 g/mol. The van der Waals surface area contributed by atoms with Crippen LogP contribution in [0.5, 0.6) is 11.5 Å². The molecule has 1 N–H and O–H groups in total. The highest BCUT2D eigenvalue weighted by Crippen LogP contribution is 2.25. The lowest BCUT2D eigenvalue weighted by Crippen LogP contribution is -2.41. The topological polar surface area (TPSA) is 84.9 Å². The van der Waals surface area contributed by atoms with Crippen LogP contribution in [-0.2, 0) is 14.8 Å². The van der Waals surface area contributed by atoms with Gasteiger partial charge in [-0.2, -0.15) is 0 Å². The first kappa shape index (κ1) is 20.5. The van der Waals surface area contributed by atoms with Crippen LogP contribution in [0.2, 0.25) is 0 Å². The molecule has 0 radical (unpaired) electrons. The molecule has 0 unspecified atom stereocenters. The van der Waals surface area contributed by atoms with Crippen molar-refractivity contribution in [3.05, 3.63) is 54.3 Å². The molecule has 0 aliphatic rings. The Kier molecular flexibility index (Phi) is 7.00. The predicted molar refractivity (Wildman–Crippen MR) is 100 cm³/mol. The van der Waals surface area contributed by atoms with E-state index in [4.69, 9.17) is 9.47 Å². The van der Waals surface area contributed by atoms with Crippen LogP contribution in [0, 0.1) is 5.82 Å². The van der Waals surface area contributed by atoms with E-state index in [0.717, 1.165) is 16.6 Å². The minimum atomic E-state index is -3.75. The van der Waals surface area contributed by atoms with Gasteiger partial charge < -0.3 is 14.8 Å². The highest BCUT2D eigenvalue weighted by atomic mass is 32.2. The van der Waals surface area contributed by atoms with Crippen molar-refractivity contribution in [1.82, 2.24) is 5.32 Å². The SMILES string of the molecule is COc1ccccc1OCCNC(=O)CN(c1cccc(F)c1)S(C)(=O)=O. The predicted octanol–water partition coefficient (Wildman–Crippen LogP) is 1.80. The minimum Gasteiger partial charge on any atom is -0.493 e. The second kappa shape index (κ2) is 9.22. The highest BCUT2D eigenvalue weighted by molar-refractivity contribution is 7.92. The first-order valence-corrected chi connectivity index (χ1v) is 9.92. The van der Waals surface area contributed by atoms with Crippen molar-refractivity contribution < 1.29 is 27.1 Å². The van der Waals surface area contributed by atoms with Crippen molar-refractivity contribution in [3.8, 4) is 11.5 Å². The molecule has 2 aromatic carbocycles. The van der Waals surface area contributed by atoms with Crippen molar-refractivity contribution in [1.29, 1.82) is 0 Å². The van der Waals surface area contributed by atoms with Crippen LogP contribution in [0.15, 0.2) is 48.5 Å². The molecule has 0 atom stereocenters. The number of amides is 1. The van der Waals surface area contributed by atoms with E-state index < -0.39 is 28.3 Å². The molecule has 1 amide bonds. The summed E-state index contributed by atoms with van der Waals surface area (Å²) in [6.07, 6.45) is 0.954. The number of carbonyl (C=O) groups is 1. The molecule has 0 bridgehead atoms. The van der Waals surface area contributed by atoms with Gasteiger partial charge in [0.05, 0.1) is 25.6 Å². The van der Waals surface area contributed by atoms with E-state index >= 15 is 0 Å². The van der Waals surface area contributed by atoms with Crippen LogP contribution in [-0.4, -0.2) is 47.4 Å². The maximum absolute atomic E-state index is 13.4. The average Bonchev–Trinajstić information content (AvgIpc) is 2.62. The van der Waals surface area contributed by atoms with E-state index in [-0.39, 0.29) is 18.8 Å². The number of nitrogens with zero attached hydrogens (tertiary/aromatic N) is 1. The third-order valence-corrected chi connectivity index (χ3v) is 4.68. The molecular weight excluding hydrogens is 375 g/mol. The largest absolute Gasteiger partial charge is 0.493 e. The normalized spacial score (nSPS) is 10.9. The molecule has 0 aromatic heterocycles. The maximum Gasteiger partial charge on any atom is 0.240 e. The van der Waals surface area contributed by atoms with Crippen molar-refractivity contribution >= 4 is 21.6 Å². The molecular formula is C18H21FN2O5S. The fourth-order valence-electron chi connectivity index (χ4n) is 2.31. The van der Waals surface area contributed by atoms with E-state index in [1.54, 1.807) is 24.3 Å². The smallest absolute Gasteiger partial charge is 0.240 e. The number of benzene rings is 2. The number of ether oxygens (including phenoxy) is 2. The molecule has 0 heterocycles. The number of nitrogens with one attached hydrogen (secondary N) is 1. The van der Waals surface area contributed by atoms with Crippen LogP contribution in [0.1, 0.15) is 0 Å². The van der Waals surface area contributed by atoms with Crippen LogP contribution in [0.25, 0.3) is 0 Å². The third kappa shape index (κ3) is 6.14. The standard InChI is InChI=1S/C18H21FN2O5S/c1-25-16-8-3-4-9-17(16)26-11-10-20-18(22)13-21(27(2,23)24)15-7-5-6-14(19)12-15/h3-9,12H,10-11,13H2,1-2H3,(H,20,22). The monoisotopic (exact) mass is 396 g/mol. The number of anilines is 1.